The minimum absolute atomic E-state index is 0.730. The zero-order chi connectivity index (χ0) is 11.4. The van der Waals surface area contributed by atoms with E-state index in [0.717, 1.165) is 37.2 Å². The van der Waals surface area contributed by atoms with Crippen molar-refractivity contribution in [2.24, 2.45) is 5.73 Å². The minimum atomic E-state index is 0.730. The van der Waals surface area contributed by atoms with E-state index in [1.807, 2.05) is 18.2 Å². The number of nitrogens with two attached hydrogens (primary N) is 1. The van der Waals surface area contributed by atoms with Gasteiger partial charge in [-0.1, -0.05) is 18.2 Å². The van der Waals surface area contributed by atoms with Crippen molar-refractivity contribution in [2.45, 2.75) is 19.3 Å². The Morgan fingerprint density at radius 3 is 3.00 bits per heavy atom. The average Bonchev–Trinajstić information content (AvgIpc) is 2.69. The third-order valence-electron chi connectivity index (χ3n) is 2.70. The molecule has 0 atom stereocenters. The minimum Gasteiger partial charge on any atom is -0.461 e. The molecule has 0 aliphatic carbocycles. The van der Waals surface area contributed by atoms with E-state index in [9.17, 15) is 0 Å². The first-order valence-electron chi connectivity index (χ1n) is 5.66. The highest BCUT2D eigenvalue weighted by atomic mass is 16.3. The summed E-state index contributed by atoms with van der Waals surface area (Å²) in [5.74, 6) is 0.977. The van der Waals surface area contributed by atoms with Gasteiger partial charge in [0.2, 0.25) is 0 Å². The Labute approximate surface area is 95.7 Å². The summed E-state index contributed by atoms with van der Waals surface area (Å²) in [6, 6.07) is 8.30. The highest BCUT2D eigenvalue weighted by Gasteiger charge is 2.06. The van der Waals surface area contributed by atoms with Gasteiger partial charge in [0, 0.05) is 11.8 Å². The van der Waals surface area contributed by atoms with Crippen LogP contribution in [-0.4, -0.2) is 6.54 Å². The molecule has 1 aromatic heterocycles. The zero-order valence-corrected chi connectivity index (χ0v) is 9.41. The number of aryl methyl sites for hydroxylation is 1. The number of hydrogen-bond donors (Lipinski definition) is 1. The van der Waals surface area contributed by atoms with Gasteiger partial charge in [-0.05, 0) is 37.1 Å². The summed E-state index contributed by atoms with van der Waals surface area (Å²) in [6.07, 6.45) is 4.67. The quantitative estimate of drug-likeness (QED) is 0.778. The van der Waals surface area contributed by atoms with Crippen molar-refractivity contribution in [3.05, 3.63) is 48.2 Å². The normalized spacial score (nSPS) is 10.8. The van der Waals surface area contributed by atoms with Crippen LogP contribution in [0.1, 0.15) is 17.7 Å². The molecule has 0 saturated heterocycles. The summed E-state index contributed by atoms with van der Waals surface area (Å²) in [7, 11) is 0. The monoisotopic (exact) mass is 215 g/mol. The molecular formula is C14H17NO. The lowest BCUT2D eigenvalue weighted by atomic mass is 10.1. The highest BCUT2D eigenvalue weighted by molar-refractivity contribution is 5.81. The van der Waals surface area contributed by atoms with Crippen LogP contribution in [0.5, 0.6) is 0 Å². The molecule has 0 aliphatic heterocycles. The predicted octanol–water partition coefficient (Wildman–Crippen LogP) is 3.05. The molecule has 0 spiro atoms. The number of hydrogen-bond acceptors (Lipinski definition) is 2. The number of rotatable bonds is 5. The highest BCUT2D eigenvalue weighted by Crippen LogP contribution is 2.24. The fourth-order valence-corrected chi connectivity index (χ4v) is 1.93. The van der Waals surface area contributed by atoms with Crippen molar-refractivity contribution < 1.29 is 4.42 Å². The molecule has 0 bridgehead atoms. The van der Waals surface area contributed by atoms with Crippen LogP contribution in [0.15, 0.2) is 41.3 Å². The van der Waals surface area contributed by atoms with Gasteiger partial charge < -0.3 is 10.2 Å². The Kier molecular flexibility index (Phi) is 3.42. The lowest BCUT2D eigenvalue weighted by molar-refractivity contribution is 0.565. The third-order valence-corrected chi connectivity index (χ3v) is 2.70. The molecule has 16 heavy (non-hydrogen) atoms. The van der Waals surface area contributed by atoms with Crippen LogP contribution < -0.4 is 5.73 Å². The first kappa shape index (κ1) is 11.0. The molecule has 0 aliphatic rings. The van der Waals surface area contributed by atoms with Gasteiger partial charge in [0.1, 0.15) is 11.3 Å². The maximum absolute atomic E-state index is 5.73. The fraction of sp³-hybridized carbons (Fsp3) is 0.286. The molecule has 2 rings (SSSR count). The number of benzene rings is 1. The van der Waals surface area contributed by atoms with Gasteiger partial charge in [-0.2, -0.15) is 0 Å². The van der Waals surface area contributed by atoms with E-state index in [4.69, 9.17) is 10.2 Å². The first-order valence-corrected chi connectivity index (χ1v) is 5.66. The molecule has 0 amide bonds. The molecule has 1 aromatic carbocycles. The van der Waals surface area contributed by atoms with Crippen LogP contribution in [0.25, 0.3) is 11.0 Å². The van der Waals surface area contributed by atoms with Gasteiger partial charge in [0.25, 0.3) is 0 Å². The topological polar surface area (TPSA) is 39.2 Å². The van der Waals surface area contributed by atoms with Gasteiger partial charge in [0.05, 0.1) is 0 Å². The molecule has 0 radical (unpaired) electrons. The van der Waals surface area contributed by atoms with Crippen molar-refractivity contribution >= 4 is 11.0 Å². The van der Waals surface area contributed by atoms with Gasteiger partial charge in [0.15, 0.2) is 0 Å². The molecule has 1 heterocycles. The average molecular weight is 215 g/mol. The van der Waals surface area contributed by atoms with Gasteiger partial charge in [-0.3, -0.25) is 0 Å². The number of fused-ring (bicyclic) bond motifs is 1. The van der Waals surface area contributed by atoms with Crippen LogP contribution in [0, 0.1) is 0 Å². The molecule has 2 nitrogen and oxygen atoms in total. The maximum Gasteiger partial charge on any atom is 0.134 e. The smallest absolute Gasteiger partial charge is 0.134 e. The lowest BCUT2D eigenvalue weighted by Gasteiger charge is -2.00. The second kappa shape index (κ2) is 4.99. The second-order valence-electron chi connectivity index (χ2n) is 3.93. The third kappa shape index (κ3) is 2.17. The van der Waals surface area contributed by atoms with Crippen molar-refractivity contribution in [1.82, 2.24) is 0 Å². The summed E-state index contributed by atoms with van der Waals surface area (Å²) in [5, 5.41) is 1.22. The van der Waals surface area contributed by atoms with Crippen molar-refractivity contribution in [1.29, 1.82) is 0 Å². The maximum atomic E-state index is 5.73. The first-order chi connectivity index (χ1) is 7.85. The largest absolute Gasteiger partial charge is 0.461 e. The van der Waals surface area contributed by atoms with Crippen LogP contribution in [0.2, 0.25) is 0 Å². The van der Waals surface area contributed by atoms with E-state index in [1.165, 1.54) is 10.9 Å². The van der Waals surface area contributed by atoms with Gasteiger partial charge in [-0.15, -0.1) is 6.58 Å². The Balaban J connectivity index is 2.37. The molecule has 0 fully saturated rings. The molecule has 2 heteroatoms. The van der Waals surface area contributed by atoms with Crippen molar-refractivity contribution in [3.8, 4) is 0 Å². The summed E-state index contributed by atoms with van der Waals surface area (Å²) >= 11 is 0. The Morgan fingerprint density at radius 1 is 1.38 bits per heavy atom. The Hall–Kier alpha value is -1.54. The molecule has 2 aromatic rings. The molecule has 0 saturated carbocycles. The Bertz CT molecular complexity index is 484. The lowest BCUT2D eigenvalue weighted by Crippen LogP contribution is -2.00. The second-order valence-corrected chi connectivity index (χ2v) is 3.93. The van der Waals surface area contributed by atoms with Crippen molar-refractivity contribution in [2.75, 3.05) is 6.54 Å². The van der Waals surface area contributed by atoms with E-state index < -0.39 is 0 Å². The molecule has 84 valence electrons. The van der Waals surface area contributed by atoms with Crippen LogP contribution >= 0.6 is 0 Å². The van der Waals surface area contributed by atoms with E-state index in [-0.39, 0.29) is 0 Å². The van der Waals surface area contributed by atoms with E-state index in [2.05, 4.69) is 18.7 Å². The van der Waals surface area contributed by atoms with E-state index in [1.54, 1.807) is 0 Å². The fourth-order valence-electron chi connectivity index (χ4n) is 1.93. The Morgan fingerprint density at radius 2 is 2.25 bits per heavy atom. The van der Waals surface area contributed by atoms with E-state index >= 15 is 0 Å². The van der Waals surface area contributed by atoms with Crippen molar-refractivity contribution in [3.63, 3.8) is 0 Å². The zero-order valence-electron chi connectivity index (χ0n) is 9.41. The SMILES string of the molecule is C=CCc1cc2c(CCCN)cccc2o1. The van der Waals surface area contributed by atoms with Crippen LogP contribution in [0.3, 0.4) is 0 Å². The van der Waals surface area contributed by atoms with Crippen LogP contribution in [-0.2, 0) is 12.8 Å². The summed E-state index contributed by atoms with van der Waals surface area (Å²) in [5.41, 5.74) is 7.82. The molecule has 2 N–H and O–H groups in total. The number of allylic oxidation sites excluding steroid dienone is 1. The molecule has 0 unspecified atom stereocenters. The van der Waals surface area contributed by atoms with E-state index in [0.29, 0.717) is 0 Å². The number of furan rings is 1. The van der Waals surface area contributed by atoms with Gasteiger partial charge in [-0.25, -0.2) is 0 Å². The van der Waals surface area contributed by atoms with Gasteiger partial charge >= 0.3 is 0 Å². The molecular weight excluding hydrogens is 198 g/mol. The van der Waals surface area contributed by atoms with Crippen LogP contribution in [0.4, 0.5) is 0 Å². The predicted molar refractivity (Wildman–Crippen MR) is 67.5 cm³/mol. The standard InChI is InChI=1S/C14H17NO/c1-2-5-12-10-13-11(7-4-9-15)6-3-8-14(13)16-12/h2-3,6,8,10H,1,4-5,7,9,15H2. The summed E-state index contributed by atoms with van der Waals surface area (Å²) < 4.78 is 5.73. The summed E-state index contributed by atoms with van der Waals surface area (Å²) in [6.45, 7) is 4.45. The summed E-state index contributed by atoms with van der Waals surface area (Å²) in [4.78, 5) is 0.